The number of rotatable bonds is 5. The molecule has 0 bridgehead atoms. The van der Waals surface area contributed by atoms with Crippen molar-refractivity contribution in [3.63, 3.8) is 0 Å². The van der Waals surface area contributed by atoms with Crippen LogP contribution in [0.2, 0.25) is 0 Å². The van der Waals surface area contributed by atoms with E-state index in [9.17, 15) is 4.79 Å². The third kappa shape index (κ3) is 4.49. The van der Waals surface area contributed by atoms with Crippen LogP contribution < -0.4 is 20.4 Å². The van der Waals surface area contributed by atoms with E-state index in [4.69, 9.17) is 20.4 Å². The maximum absolute atomic E-state index is 11.7. The Morgan fingerprint density at radius 3 is 2.49 bits per heavy atom. The average molecular weight is 475 g/mol. The van der Waals surface area contributed by atoms with Crippen molar-refractivity contribution in [1.82, 2.24) is 19.9 Å². The Hall–Kier alpha value is -3.79. The number of benzene rings is 1. The monoisotopic (exact) mass is 474 g/mol. The molecule has 1 atom stereocenters. The molecule has 35 heavy (non-hydrogen) atoms. The molecule has 10 nitrogen and oxygen atoms in total. The molecule has 1 unspecified atom stereocenters. The second kappa shape index (κ2) is 9.83. The van der Waals surface area contributed by atoms with Gasteiger partial charge in [0.2, 0.25) is 5.95 Å². The van der Waals surface area contributed by atoms with Crippen LogP contribution in [0.5, 0.6) is 0 Å². The fourth-order valence-electron chi connectivity index (χ4n) is 4.78. The van der Waals surface area contributed by atoms with Crippen LogP contribution in [-0.4, -0.2) is 65.4 Å². The molecule has 0 radical (unpaired) electrons. The SMILES string of the molecule is CCN(C(N)=O)c1ccc(-c2nc3c(c(N4CCOCC4)n2)CCN(c2ncccn2)C3C)cc1. The van der Waals surface area contributed by atoms with Gasteiger partial charge in [-0.2, -0.15) is 0 Å². The highest BCUT2D eigenvalue weighted by Gasteiger charge is 2.32. The van der Waals surface area contributed by atoms with E-state index >= 15 is 0 Å². The maximum Gasteiger partial charge on any atom is 0.319 e. The standard InChI is InChI=1S/C25H30N8O2/c1-3-32(24(26)34)19-7-5-18(6-8-19)22-29-21-17(2)33(25-27-10-4-11-28-25)12-9-20(21)23(30-22)31-13-15-35-16-14-31/h4-8,10-11,17H,3,9,12-16H2,1-2H3,(H2,26,34). The fraction of sp³-hybridized carbons (Fsp3) is 0.400. The number of fused-ring (bicyclic) bond motifs is 1. The molecule has 3 aromatic rings. The molecule has 2 amide bonds. The van der Waals surface area contributed by atoms with Gasteiger partial charge in [-0.3, -0.25) is 4.90 Å². The number of amides is 2. The van der Waals surface area contributed by atoms with Crippen LogP contribution in [0.25, 0.3) is 11.4 Å². The van der Waals surface area contributed by atoms with Gasteiger partial charge in [0.05, 0.1) is 24.9 Å². The minimum atomic E-state index is -0.475. The summed E-state index contributed by atoms with van der Waals surface area (Å²) in [5.74, 6) is 2.33. The lowest BCUT2D eigenvalue weighted by atomic mass is 9.98. The summed E-state index contributed by atoms with van der Waals surface area (Å²) in [5, 5.41) is 0. The number of hydrogen-bond acceptors (Lipinski definition) is 8. The van der Waals surface area contributed by atoms with Crippen molar-refractivity contribution in [2.75, 3.05) is 54.1 Å². The van der Waals surface area contributed by atoms with E-state index in [-0.39, 0.29) is 6.04 Å². The van der Waals surface area contributed by atoms with Crippen molar-refractivity contribution >= 4 is 23.5 Å². The lowest BCUT2D eigenvalue weighted by Crippen LogP contribution is -2.41. The van der Waals surface area contributed by atoms with Crippen molar-refractivity contribution in [2.45, 2.75) is 26.3 Å². The first-order valence-corrected chi connectivity index (χ1v) is 12.0. The Morgan fingerprint density at radius 1 is 1.11 bits per heavy atom. The predicted octanol–water partition coefficient (Wildman–Crippen LogP) is 2.80. The van der Waals surface area contributed by atoms with Gasteiger partial charge in [0.1, 0.15) is 5.82 Å². The molecule has 2 N–H and O–H groups in total. The Labute approximate surface area is 204 Å². The molecule has 0 aliphatic carbocycles. The summed E-state index contributed by atoms with van der Waals surface area (Å²) in [6, 6.07) is 8.99. The summed E-state index contributed by atoms with van der Waals surface area (Å²) in [5.41, 5.74) is 9.31. The maximum atomic E-state index is 11.7. The van der Waals surface area contributed by atoms with E-state index in [1.54, 1.807) is 12.4 Å². The molecular weight excluding hydrogens is 444 g/mol. The van der Waals surface area contributed by atoms with E-state index in [0.717, 1.165) is 48.8 Å². The van der Waals surface area contributed by atoms with Gasteiger partial charge in [-0.15, -0.1) is 0 Å². The highest BCUT2D eigenvalue weighted by molar-refractivity contribution is 5.90. The number of carbonyl (C=O) groups excluding carboxylic acids is 1. The van der Waals surface area contributed by atoms with Crippen LogP contribution in [-0.2, 0) is 11.2 Å². The molecule has 182 valence electrons. The number of urea groups is 1. The molecule has 1 fully saturated rings. The van der Waals surface area contributed by atoms with Crippen LogP contribution >= 0.6 is 0 Å². The van der Waals surface area contributed by atoms with Crippen LogP contribution in [0, 0.1) is 0 Å². The molecule has 1 aromatic carbocycles. The van der Waals surface area contributed by atoms with E-state index in [1.807, 2.05) is 37.3 Å². The van der Waals surface area contributed by atoms with Gasteiger partial charge in [-0.1, -0.05) is 0 Å². The number of ether oxygens (including phenoxy) is 1. The zero-order chi connectivity index (χ0) is 24.4. The first-order chi connectivity index (χ1) is 17.1. The van der Waals surface area contributed by atoms with E-state index < -0.39 is 6.03 Å². The first-order valence-electron chi connectivity index (χ1n) is 12.0. The number of carbonyl (C=O) groups is 1. The largest absolute Gasteiger partial charge is 0.378 e. The van der Waals surface area contributed by atoms with Crippen molar-refractivity contribution < 1.29 is 9.53 Å². The molecule has 0 spiro atoms. The third-order valence-corrected chi connectivity index (χ3v) is 6.62. The first kappa shape index (κ1) is 23.0. The van der Waals surface area contributed by atoms with Crippen LogP contribution in [0.15, 0.2) is 42.7 Å². The second-order valence-corrected chi connectivity index (χ2v) is 8.63. The molecule has 2 aliphatic rings. The van der Waals surface area contributed by atoms with Gasteiger partial charge in [0, 0.05) is 55.4 Å². The van der Waals surface area contributed by atoms with Gasteiger partial charge in [-0.25, -0.2) is 24.7 Å². The average Bonchev–Trinajstić information content (AvgIpc) is 2.90. The molecule has 5 rings (SSSR count). The number of morpholine rings is 1. The van der Waals surface area contributed by atoms with Crippen LogP contribution in [0.1, 0.15) is 31.1 Å². The van der Waals surface area contributed by atoms with E-state index in [2.05, 4.69) is 26.7 Å². The molecule has 2 aliphatic heterocycles. The normalized spacial score (nSPS) is 17.7. The van der Waals surface area contributed by atoms with Gasteiger partial charge in [0.25, 0.3) is 0 Å². The Morgan fingerprint density at radius 2 is 1.83 bits per heavy atom. The minimum absolute atomic E-state index is 0.00703. The van der Waals surface area contributed by atoms with E-state index in [1.165, 1.54) is 10.5 Å². The topological polar surface area (TPSA) is 114 Å². The number of anilines is 3. The number of nitrogens with zero attached hydrogens (tertiary/aromatic N) is 7. The quantitative estimate of drug-likeness (QED) is 0.601. The summed E-state index contributed by atoms with van der Waals surface area (Å²) in [7, 11) is 0. The molecular formula is C25H30N8O2. The predicted molar refractivity (Wildman–Crippen MR) is 135 cm³/mol. The van der Waals surface area contributed by atoms with Crippen molar-refractivity contribution in [2.24, 2.45) is 5.73 Å². The van der Waals surface area contributed by atoms with Crippen molar-refractivity contribution in [3.8, 4) is 11.4 Å². The number of nitrogens with two attached hydrogens (primary N) is 1. The summed E-state index contributed by atoms with van der Waals surface area (Å²) in [4.78, 5) is 36.8. The number of hydrogen-bond donors (Lipinski definition) is 1. The van der Waals surface area contributed by atoms with Gasteiger partial charge >= 0.3 is 6.03 Å². The highest BCUT2D eigenvalue weighted by Crippen LogP contribution is 2.36. The molecule has 10 heteroatoms. The van der Waals surface area contributed by atoms with Crippen LogP contribution in [0.3, 0.4) is 0 Å². The zero-order valence-electron chi connectivity index (χ0n) is 20.1. The second-order valence-electron chi connectivity index (χ2n) is 8.63. The third-order valence-electron chi connectivity index (χ3n) is 6.62. The Balaban J connectivity index is 1.56. The number of aromatic nitrogens is 4. The van der Waals surface area contributed by atoms with Gasteiger partial charge in [0.15, 0.2) is 5.82 Å². The van der Waals surface area contributed by atoms with Crippen molar-refractivity contribution in [1.29, 1.82) is 0 Å². The lowest BCUT2D eigenvalue weighted by molar-refractivity contribution is 0.122. The Kier molecular flexibility index (Phi) is 6.45. The lowest BCUT2D eigenvalue weighted by Gasteiger charge is -2.37. The summed E-state index contributed by atoms with van der Waals surface area (Å²) < 4.78 is 5.59. The molecule has 2 aromatic heterocycles. The fourth-order valence-corrected chi connectivity index (χ4v) is 4.78. The molecule has 4 heterocycles. The smallest absolute Gasteiger partial charge is 0.319 e. The summed E-state index contributed by atoms with van der Waals surface area (Å²) >= 11 is 0. The molecule has 1 saturated heterocycles. The Bertz CT molecular complexity index is 1180. The number of primary amides is 1. The highest BCUT2D eigenvalue weighted by atomic mass is 16.5. The summed E-state index contributed by atoms with van der Waals surface area (Å²) in [6.45, 7) is 8.29. The van der Waals surface area contributed by atoms with Gasteiger partial charge in [-0.05, 0) is 50.6 Å². The van der Waals surface area contributed by atoms with Crippen molar-refractivity contribution in [3.05, 3.63) is 54.0 Å². The van der Waals surface area contributed by atoms with E-state index in [0.29, 0.717) is 31.5 Å². The zero-order valence-corrected chi connectivity index (χ0v) is 20.1. The minimum Gasteiger partial charge on any atom is -0.378 e. The van der Waals surface area contributed by atoms with Crippen LogP contribution in [0.4, 0.5) is 22.2 Å². The van der Waals surface area contributed by atoms with Gasteiger partial charge < -0.3 is 20.3 Å². The molecule has 0 saturated carbocycles. The summed E-state index contributed by atoms with van der Waals surface area (Å²) in [6.07, 6.45) is 4.35.